The lowest BCUT2D eigenvalue weighted by molar-refractivity contribution is -0.113. The minimum Gasteiger partial charge on any atom is -0.407 e. The number of nitrogens with one attached hydrogen (secondary N) is 1. The van der Waals surface area contributed by atoms with Gasteiger partial charge in [0.1, 0.15) is 34.2 Å². The predicted octanol–water partition coefficient (Wildman–Crippen LogP) is -1.87. The number of anilines is 2. The van der Waals surface area contributed by atoms with Crippen molar-refractivity contribution >= 4 is 77.9 Å². The minimum atomic E-state index is -2.15. The van der Waals surface area contributed by atoms with Crippen LogP contribution in [-0.4, -0.2) is 72.4 Å². The number of nitrogens with zero attached hydrogens (tertiary/aromatic N) is 2. The molecule has 0 aliphatic rings. The summed E-state index contributed by atoms with van der Waals surface area (Å²) in [6.45, 7) is 0. The van der Waals surface area contributed by atoms with Crippen molar-refractivity contribution in [2.75, 3.05) is 5.32 Å². The summed E-state index contributed by atoms with van der Waals surface area (Å²) in [6.07, 6.45) is 1.38. The molecule has 13 heteroatoms. The molecule has 0 fully saturated rings. The summed E-state index contributed by atoms with van der Waals surface area (Å²) >= 11 is 13.1. The lowest BCUT2D eigenvalue weighted by Gasteiger charge is -2.48. The number of rotatable bonds is 6. The molecule has 1 aromatic carbocycles. The van der Waals surface area contributed by atoms with Crippen LogP contribution in [0.2, 0.25) is 10.3 Å². The molecule has 0 aliphatic heterocycles. The van der Waals surface area contributed by atoms with Crippen LogP contribution in [0, 0.1) is 0 Å². The highest BCUT2D eigenvalue weighted by Crippen LogP contribution is 2.44. The van der Waals surface area contributed by atoms with Crippen LogP contribution < -0.4 is 5.32 Å². The molecule has 1 unspecified atom stereocenters. The van der Waals surface area contributed by atoms with Gasteiger partial charge in [0.05, 0.1) is 11.9 Å². The zero-order valence-corrected chi connectivity index (χ0v) is 17.1. The highest BCUT2D eigenvalue weighted by Gasteiger charge is 2.52. The molecule has 0 amide bonds. The van der Waals surface area contributed by atoms with Crippen LogP contribution in [0.3, 0.4) is 0 Å². The fourth-order valence-corrected chi connectivity index (χ4v) is 3.77. The number of halogens is 2. The van der Waals surface area contributed by atoms with E-state index in [0.29, 0.717) is 16.4 Å². The normalized spacial score (nSPS) is 14.7. The third-order valence-electron chi connectivity index (χ3n) is 4.24. The molecular formula is C13H17B4Cl2N3O3S. The highest BCUT2D eigenvalue weighted by molar-refractivity contribution is 8.02. The Morgan fingerprint density at radius 2 is 1.65 bits per heavy atom. The van der Waals surface area contributed by atoms with Crippen LogP contribution in [-0.2, 0) is 0 Å². The number of hydrogen-bond acceptors (Lipinski definition) is 7. The van der Waals surface area contributed by atoms with E-state index in [0.717, 1.165) is 11.8 Å². The Hall–Kier alpha value is -0.830. The molecule has 1 aromatic heterocycles. The van der Waals surface area contributed by atoms with Gasteiger partial charge in [-0.2, -0.15) is 4.98 Å². The van der Waals surface area contributed by atoms with Crippen LogP contribution in [0.1, 0.15) is 0 Å². The maximum atomic E-state index is 10.6. The first kappa shape index (κ1) is 21.5. The minimum absolute atomic E-state index is 0.0432. The van der Waals surface area contributed by atoms with Crippen molar-refractivity contribution in [3.8, 4) is 0 Å². The number of para-hydroxylation sites is 1. The Labute approximate surface area is 169 Å². The number of benzene rings is 1. The van der Waals surface area contributed by atoms with Gasteiger partial charge in [0.2, 0.25) is 5.28 Å². The van der Waals surface area contributed by atoms with Gasteiger partial charge < -0.3 is 20.6 Å². The van der Waals surface area contributed by atoms with Crippen LogP contribution in [0.5, 0.6) is 0 Å². The molecule has 0 radical (unpaired) electrons. The van der Waals surface area contributed by atoms with Crippen molar-refractivity contribution < 1.29 is 15.3 Å². The SMILES string of the molecule is BC(B)(O)C(B)(Sc1ccccc1Nc1nc(Cl)ncc1Cl)C(B)(O)O. The Morgan fingerprint density at radius 1 is 1.04 bits per heavy atom. The molecule has 26 heavy (non-hydrogen) atoms. The zero-order valence-electron chi connectivity index (χ0n) is 14.8. The quantitative estimate of drug-likeness (QED) is 0.192. The second-order valence-corrected chi connectivity index (χ2v) is 8.88. The topological polar surface area (TPSA) is 98.5 Å². The molecule has 0 aliphatic carbocycles. The van der Waals surface area contributed by atoms with E-state index in [1.807, 2.05) is 6.07 Å². The van der Waals surface area contributed by atoms with E-state index in [-0.39, 0.29) is 10.3 Å². The van der Waals surface area contributed by atoms with Crippen LogP contribution in [0.25, 0.3) is 0 Å². The van der Waals surface area contributed by atoms with Crippen molar-refractivity contribution in [1.29, 1.82) is 0 Å². The van der Waals surface area contributed by atoms with E-state index in [2.05, 4.69) is 15.3 Å². The van der Waals surface area contributed by atoms with E-state index in [1.165, 1.54) is 29.7 Å². The Bertz CT molecular complexity index is 791. The molecule has 2 rings (SSSR count). The summed E-state index contributed by atoms with van der Waals surface area (Å²) in [4.78, 5) is 8.53. The average Bonchev–Trinajstić information content (AvgIpc) is 2.50. The van der Waals surface area contributed by atoms with Crippen molar-refractivity contribution in [2.45, 2.75) is 20.6 Å². The number of hydrogen-bond donors (Lipinski definition) is 4. The second kappa shape index (κ2) is 7.66. The highest BCUT2D eigenvalue weighted by atomic mass is 35.5. The fourth-order valence-electron chi connectivity index (χ4n) is 2.24. The van der Waals surface area contributed by atoms with Gasteiger partial charge in [0.25, 0.3) is 0 Å². The van der Waals surface area contributed by atoms with Crippen molar-refractivity contribution in [3.05, 3.63) is 40.8 Å². The van der Waals surface area contributed by atoms with Gasteiger partial charge >= 0.3 is 0 Å². The molecule has 0 bridgehead atoms. The smallest absolute Gasteiger partial charge is 0.224 e. The summed E-state index contributed by atoms with van der Waals surface area (Å²) in [5.74, 6) is 0.320. The number of thioether (sulfide) groups is 1. The zero-order chi connectivity index (χ0) is 19.8. The maximum absolute atomic E-state index is 10.6. The van der Waals surface area contributed by atoms with Gasteiger partial charge in [-0.3, -0.25) is 0 Å². The first-order valence-corrected chi connectivity index (χ1v) is 9.32. The predicted molar refractivity (Wildman–Crippen MR) is 117 cm³/mol. The lowest BCUT2D eigenvalue weighted by Crippen LogP contribution is -2.67. The van der Waals surface area contributed by atoms with Gasteiger partial charge in [-0.15, -0.1) is 11.8 Å². The summed E-state index contributed by atoms with van der Waals surface area (Å²) in [5, 5.41) is 33.2. The van der Waals surface area contributed by atoms with Gasteiger partial charge in [-0.1, -0.05) is 23.7 Å². The van der Waals surface area contributed by atoms with E-state index in [9.17, 15) is 15.3 Å². The van der Waals surface area contributed by atoms with Gasteiger partial charge in [-0.05, 0) is 23.7 Å². The standard InChI is InChI=1S/C13H17B4Cl2N3O3S/c14-11(12(15,16)23,13(17,24)25)26-8-4-2-1-3-7(8)21-9-6(18)5-20-10(19)22-9/h1-5,23-25H,14-17H2,(H,20,21,22). The van der Waals surface area contributed by atoms with Crippen molar-refractivity contribution in [3.63, 3.8) is 0 Å². The van der Waals surface area contributed by atoms with Gasteiger partial charge in [-0.25, -0.2) is 4.98 Å². The molecule has 0 saturated heterocycles. The molecule has 134 valence electrons. The van der Waals surface area contributed by atoms with Gasteiger partial charge in [0, 0.05) is 14.9 Å². The molecule has 6 nitrogen and oxygen atoms in total. The molecule has 1 heterocycles. The third-order valence-corrected chi connectivity index (χ3v) is 6.57. The Morgan fingerprint density at radius 3 is 2.23 bits per heavy atom. The maximum Gasteiger partial charge on any atom is 0.224 e. The number of aromatic nitrogens is 2. The second-order valence-electron chi connectivity index (χ2n) is 6.67. The fraction of sp³-hybridized carbons (Fsp3) is 0.231. The van der Waals surface area contributed by atoms with E-state index in [1.54, 1.807) is 26.0 Å². The first-order valence-electron chi connectivity index (χ1n) is 7.75. The van der Waals surface area contributed by atoms with E-state index in [4.69, 9.17) is 23.2 Å². The van der Waals surface area contributed by atoms with Crippen molar-refractivity contribution in [2.24, 2.45) is 0 Å². The molecule has 2 aromatic rings. The summed E-state index contributed by atoms with van der Waals surface area (Å²) in [7, 11) is 5.89. The lowest BCUT2D eigenvalue weighted by atomic mass is 9.46. The molecule has 0 spiro atoms. The average molecular weight is 410 g/mol. The largest absolute Gasteiger partial charge is 0.407 e. The van der Waals surface area contributed by atoms with Crippen LogP contribution >= 0.6 is 35.0 Å². The third kappa shape index (κ3) is 4.52. The summed E-state index contributed by atoms with van der Waals surface area (Å²) < 4.78 is -1.34. The van der Waals surface area contributed by atoms with Crippen LogP contribution in [0.15, 0.2) is 35.4 Å². The monoisotopic (exact) mass is 409 g/mol. The summed E-state index contributed by atoms with van der Waals surface area (Å²) in [6, 6.07) is 7.19. The van der Waals surface area contributed by atoms with E-state index >= 15 is 0 Å². The van der Waals surface area contributed by atoms with Crippen LogP contribution in [0.4, 0.5) is 11.5 Å². The molecular weight excluding hydrogens is 392 g/mol. The molecule has 1 atom stereocenters. The summed E-state index contributed by atoms with van der Waals surface area (Å²) in [5.41, 5.74) is -1.53. The van der Waals surface area contributed by atoms with Gasteiger partial charge in [0.15, 0.2) is 13.7 Å². The Kier molecular flexibility index (Phi) is 6.32. The van der Waals surface area contributed by atoms with Crippen molar-refractivity contribution in [1.82, 2.24) is 9.97 Å². The van der Waals surface area contributed by atoms with E-state index < -0.39 is 15.7 Å². The Balaban J connectivity index is 2.44. The first-order chi connectivity index (χ1) is 11.8. The molecule has 4 N–H and O–H groups in total. The molecule has 0 saturated carbocycles. The number of aliphatic hydroxyl groups is 3.